The van der Waals surface area contributed by atoms with Crippen LogP contribution in [-0.4, -0.2) is 177 Å². The second-order valence-electron chi connectivity index (χ2n) is 13.0. The quantitative estimate of drug-likeness (QED) is 0.0523. The average molecular weight is 666 g/mol. The minimum absolute atomic E-state index is 0.0428. The van der Waals surface area contributed by atoms with Gasteiger partial charge in [-0.25, -0.2) is 4.99 Å². The van der Waals surface area contributed by atoms with Gasteiger partial charge < -0.3 is 88.2 Å². The van der Waals surface area contributed by atoms with E-state index in [-0.39, 0.29) is 38.6 Å². The fraction of sp³-hybridized carbons (Fsp3) is 0.926. The van der Waals surface area contributed by atoms with Crippen LogP contribution in [-0.2, 0) is 19.0 Å². The van der Waals surface area contributed by atoms with Crippen LogP contribution in [0.3, 0.4) is 0 Å². The van der Waals surface area contributed by atoms with Crippen LogP contribution < -0.4 is 33.2 Å². The Labute approximate surface area is 266 Å². The standard InChI is InChI=1S/C27H51N7O12/c1-26(42)9-44-23(19(40)22(26)31-2)46-20-11(33-24(41)27(43)7-13(27)34-25(29)30)6-10(28)14(16(20)37)21-18(39)17(38)15(36)12(45-21)8-32-4-3-5-35/h10-23,31-32,35-40,42-43H,3-9,28H2,1-2H3,(H,33,41)(H4,29,30,34)/t10-,11+,12+,13?,14?,15+,16-,17-,18+,19+,20-,21+,22+,23+,26-,27?/m0/s1. The van der Waals surface area contributed by atoms with E-state index in [1.807, 2.05) is 0 Å². The summed E-state index contributed by atoms with van der Waals surface area (Å²) < 4.78 is 17.8. The van der Waals surface area contributed by atoms with Crippen molar-refractivity contribution in [2.45, 2.75) is 117 Å². The number of amides is 1. The van der Waals surface area contributed by atoms with E-state index in [2.05, 4.69) is 20.9 Å². The van der Waals surface area contributed by atoms with Crippen LogP contribution in [0.5, 0.6) is 0 Å². The summed E-state index contributed by atoms with van der Waals surface area (Å²) in [5.41, 5.74) is 13.9. The van der Waals surface area contributed by atoms with E-state index in [0.29, 0.717) is 13.0 Å². The molecule has 19 nitrogen and oxygen atoms in total. The zero-order valence-corrected chi connectivity index (χ0v) is 25.9. The summed E-state index contributed by atoms with van der Waals surface area (Å²) in [7, 11) is 1.53. The van der Waals surface area contributed by atoms with Crippen molar-refractivity contribution in [2.75, 3.05) is 33.4 Å². The topological polar surface area (TPSA) is 333 Å². The molecule has 0 radical (unpaired) electrons. The number of likely N-dealkylation sites (N-methyl/N-ethyl adjacent to an activating group) is 1. The molecule has 3 unspecified atom stereocenters. The van der Waals surface area contributed by atoms with Gasteiger partial charge in [-0.1, -0.05) is 0 Å². The molecule has 4 fully saturated rings. The van der Waals surface area contributed by atoms with E-state index in [1.54, 1.807) is 0 Å². The van der Waals surface area contributed by atoms with Gasteiger partial charge in [-0.2, -0.15) is 0 Å². The molecule has 0 aromatic carbocycles. The Balaban J connectivity index is 1.59. The molecule has 4 rings (SSSR count). The number of ether oxygens (including phenoxy) is 3. The summed E-state index contributed by atoms with van der Waals surface area (Å²) in [6.07, 6.45) is -12.8. The first kappa shape index (κ1) is 37.0. The zero-order valence-electron chi connectivity index (χ0n) is 25.9. The van der Waals surface area contributed by atoms with E-state index >= 15 is 0 Å². The average Bonchev–Trinajstić information content (AvgIpc) is 3.64. The molecule has 2 heterocycles. The van der Waals surface area contributed by atoms with Gasteiger partial charge in [0, 0.05) is 31.5 Å². The molecule has 2 aliphatic heterocycles. The molecule has 1 amide bonds. The largest absolute Gasteiger partial charge is 0.396 e. The first-order chi connectivity index (χ1) is 21.6. The van der Waals surface area contributed by atoms with E-state index in [1.165, 1.54) is 14.0 Å². The Morgan fingerprint density at radius 1 is 1.07 bits per heavy atom. The molecule has 4 aliphatic rings. The molecule has 2 saturated carbocycles. The highest BCUT2D eigenvalue weighted by atomic mass is 16.7. The molecule has 0 aromatic heterocycles. The van der Waals surface area contributed by atoms with Crippen LogP contribution in [0.25, 0.3) is 0 Å². The van der Waals surface area contributed by atoms with Crippen LogP contribution in [0.4, 0.5) is 0 Å². The minimum atomic E-state index is -1.93. The predicted molar refractivity (Wildman–Crippen MR) is 159 cm³/mol. The fourth-order valence-corrected chi connectivity index (χ4v) is 6.79. The number of rotatable bonds is 12. The summed E-state index contributed by atoms with van der Waals surface area (Å²) in [5, 5.41) is 94.2. The van der Waals surface area contributed by atoms with Crippen LogP contribution in [0.15, 0.2) is 4.99 Å². The van der Waals surface area contributed by atoms with Gasteiger partial charge in [0.2, 0.25) is 0 Å². The second-order valence-corrected chi connectivity index (χ2v) is 13.0. The van der Waals surface area contributed by atoms with E-state index in [9.17, 15) is 40.5 Å². The van der Waals surface area contributed by atoms with Crippen molar-refractivity contribution in [1.29, 1.82) is 0 Å². The maximum absolute atomic E-state index is 13.2. The van der Waals surface area contributed by atoms with Crippen molar-refractivity contribution >= 4 is 11.9 Å². The van der Waals surface area contributed by atoms with Crippen LogP contribution in [0.1, 0.15) is 26.2 Å². The Kier molecular flexibility index (Phi) is 11.9. The first-order valence-electron chi connectivity index (χ1n) is 15.5. The number of aliphatic hydroxyl groups is 8. The smallest absolute Gasteiger partial charge is 0.254 e. The highest BCUT2D eigenvalue weighted by Gasteiger charge is 2.62. The third-order valence-electron chi connectivity index (χ3n) is 9.48. The predicted octanol–water partition coefficient (Wildman–Crippen LogP) is -7.78. The number of nitrogens with one attached hydrogen (secondary N) is 3. The number of hydrogen-bond acceptors (Lipinski definition) is 16. The maximum atomic E-state index is 13.2. The van der Waals surface area contributed by atoms with Crippen molar-refractivity contribution in [1.82, 2.24) is 16.0 Å². The number of carbonyl (C=O) groups is 1. The van der Waals surface area contributed by atoms with Gasteiger partial charge in [0.1, 0.15) is 36.1 Å². The lowest BCUT2D eigenvalue weighted by molar-refractivity contribution is -0.303. The summed E-state index contributed by atoms with van der Waals surface area (Å²) in [6, 6.07) is -3.88. The maximum Gasteiger partial charge on any atom is 0.254 e. The number of nitrogens with two attached hydrogens (primary N) is 3. The number of nitrogens with zero attached hydrogens (tertiary/aromatic N) is 1. The van der Waals surface area contributed by atoms with Crippen molar-refractivity contribution in [3.05, 3.63) is 0 Å². The second kappa shape index (κ2) is 14.7. The van der Waals surface area contributed by atoms with Crippen molar-refractivity contribution in [3.8, 4) is 0 Å². The Hall–Kier alpha value is -1.82. The molecule has 17 N–H and O–H groups in total. The van der Waals surface area contributed by atoms with Crippen LogP contribution in [0, 0.1) is 5.92 Å². The molecular formula is C27H51N7O12. The summed E-state index contributed by atoms with van der Waals surface area (Å²) in [6.45, 7) is 1.56. The molecule has 2 saturated heterocycles. The monoisotopic (exact) mass is 665 g/mol. The highest BCUT2D eigenvalue weighted by molar-refractivity contribution is 5.90. The molecule has 16 atom stereocenters. The molecule has 2 aliphatic carbocycles. The third kappa shape index (κ3) is 7.57. The van der Waals surface area contributed by atoms with Gasteiger partial charge in [0.15, 0.2) is 17.9 Å². The Bertz CT molecular complexity index is 1070. The lowest BCUT2D eigenvalue weighted by Crippen LogP contribution is -2.71. The molecular weight excluding hydrogens is 614 g/mol. The number of aliphatic imine (C=N–C) groups is 1. The Morgan fingerprint density at radius 2 is 1.76 bits per heavy atom. The normalized spacial score (nSPS) is 47.6. The minimum Gasteiger partial charge on any atom is -0.396 e. The summed E-state index contributed by atoms with van der Waals surface area (Å²) in [5.74, 6) is -2.31. The SMILES string of the molecule is CN[C@@H]1[C@@H](O)[C@@H](O[C@H]2[C@H](NC(=O)C3(O)CC3N=C(N)N)C[C@H](N)C([C@H]3O[C@H](CNCCCO)[C@@H](O)[C@H](O)[C@H]3O)[C@@H]2O)OC[C@]1(C)O. The van der Waals surface area contributed by atoms with Gasteiger partial charge in [0.05, 0.1) is 43.0 Å². The van der Waals surface area contributed by atoms with Crippen LogP contribution in [0.2, 0.25) is 0 Å². The molecule has 0 spiro atoms. The number of hydrogen-bond donors (Lipinski definition) is 14. The molecule has 266 valence electrons. The Morgan fingerprint density at radius 3 is 2.39 bits per heavy atom. The highest BCUT2D eigenvalue weighted by Crippen LogP contribution is 2.41. The van der Waals surface area contributed by atoms with E-state index in [4.69, 9.17) is 36.5 Å². The van der Waals surface area contributed by atoms with Crippen LogP contribution >= 0.6 is 0 Å². The van der Waals surface area contributed by atoms with E-state index in [0.717, 1.165) is 0 Å². The third-order valence-corrected chi connectivity index (χ3v) is 9.48. The first-order valence-corrected chi connectivity index (χ1v) is 15.5. The molecule has 0 aromatic rings. The number of aliphatic hydroxyl groups excluding tert-OH is 6. The van der Waals surface area contributed by atoms with Crippen molar-refractivity contribution in [3.63, 3.8) is 0 Å². The van der Waals surface area contributed by atoms with Gasteiger partial charge in [-0.15, -0.1) is 0 Å². The number of guanidine groups is 1. The molecule has 46 heavy (non-hydrogen) atoms. The fourth-order valence-electron chi connectivity index (χ4n) is 6.79. The molecule has 19 heteroatoms. The number of carbonyl (C=O) groups excluding carboxylic acids is 1. The van der Waals surface area contributed by atoms with E-state index < -0.39 is 102 Å². The lowest BCUT2D eigenvalue weighted by Gasteiger charge is -2.52. The van der Waals surface area contributed by atoms with Gasteiger partial charge in [0.25, 0.3) is 5.91 Å². The van der Waals surface area contributed by atoms with Crippen molar-refractivity contribution < 1.29 is 59.9 Å². The summed E-state index contributed by atoms with van der Waals surface area (Å²) in [4.78, 5) is 17.1. The van der Waals surface area contributed by atoms with Crippen molar-refractivity contribution in [2.24, 2.45) is 28.1 Å². The zero-order chi connectivity index (χ0) is 34.1. The van der Waals surface area contributed by atoms with Gasteiger partial charge in [-0.3, -0.25) is 4.79 Å². The molecule has 0 bridgehead atoms. The lowest BCUT2D eigenvalue weighted by atomic mass is 9.72. The summed E-state index contributed by atoms with van der Waals surface area (Å²) >= 11 is 0. The van der Waals surface area contributed by atoms with Gasteiger partial charge in [-0.05, 0) is 33.4 Å². The van der Waals surface area contributed by atoms with Gasteiger partial charge >= 0.3 is 0 Å².